The van der Waals surface area contributed by atoms with Gasteiger partial charge in [-0.3, -0.25) is 0 Å². The third-order valence-corrected chi connectivity index (χ3v) is 3.73. The summed E-state index contributed by atoms with van der Waals surface area (Å²) in [7, 11) is 3.51. The number of methoxy groups -OCH3 is 1. The topological polar surface area (TPSA) is 59.1 Å². The Hall–Kier alpha value is -1.82. The van der Waals surface area contributed by atoms with Gasteiger partial charge < -0.3 is 15.4 Å². The van der Waals surface area contributed by atoms with Crippen molar-refractivity contribution in [3.8, 4) is 5.75 Å². The van der Waals surface area contributed by atoms with Gasteiger partial charge in [-0.15, -0.1) is 0 Å². The van der Waals surface area contributed by atoms with Gasteiger partial charge in [-0.2, -0.15) is 0 Å². The number of hydrogen-bond donors (Lipinski definition) is 2. The van der Waals surface area contributed by atoms with Crippen LogP contribution in [0.5, 0.6) is 5.75 Å². The quantitative estimate of drug-likeness (QED) is 0.847. The first-order valence-electron chi connectivity index (χ1n) is 6.70. The molecule has 0 radical (unpaired) electrons. The molecule has 0 aliphatic rings. The van der Waals surface area contributed by atoms with Crippen LogP contribution in [0.2, 0.25) is 0 Å². The van der Waals surface area contributed by atoms with E-state index in [9.17, 15) is 0 Å². The number of nitrogens with zero attached hydrogens (tertiary/aromatic N) is 2. The molecule has 1 aromatic heterocycles. The molecule has 21 heavy (non-hydrogen) atoms. The van der Waals surface area contributed by atoms with Gasteiger partial charge in [0.1, 0.15) is 23.7 Å². The van der Waals surface area contributed by atoms with Crippen LogP contribution in [-0.4, -0.2) is 24.1 Å². The molecule has 2 aromatic rings. The van der Waals surface area contributed by atoms with Crippen LogP contribution in [0.3, 0.4) is 0 Å². The molecule has 112 valence electrons. The van der Waals surface area contributed by atoms with Crippen molar-refractivity contribution in [1.82, 2.24) is 9.97 Å². The smallest absolute Gasteiger partial charge is 0.139 e. The van der Waals surface area contributed by atoms with Gasteiger partial charge in [0.15, 0.2) is 0 Å². The Bertz CT molecular complexity index is 631. The third-order valence-electron chi connectivity index (χ3n) is 3.11. The van der Waals surface area contributed by atoms with Gasteiger partial charge in [0.25, 0.3) is 0 Å². The largest absolute Gasteiger partial charge is 0.496 e. The summed E-state index contributed by atoms with van der Waals surface area (Å²) in [5.74, 6) is 2.75. The van der Waals surface area contributed by atoms with Crippen molar-refractivity contribution in [2.45, 2.75) is 19.8 Å². The standard InChI is InChI=1S/C15H19BrN4O/c1-9(2)13-14(17-3)18-8-19-15(13)20-10-5-6-12(21-4)11(16)7-10/h5-9H,1-4H3,(H2,17,18,19,20). The molecule has 0 fully saturated rings. The first-order valence-corrected chi connectivity index (χ1v) is 7.49. The van der Waals surface area contributed by atoms with Crippen LogP contribution in [0.1, 0.15) is 25.3 Å². The van der Waals surface area contributed by atoms with Crippen LogP contribution < -0.4 is 15.4 Å². The van der Waals surface area contributed by atoms with Crippen molar-refractivity contribution < 1.29 is 4.74 Å². The van der Waals surface area contributed by atoms with E-state index in [2.05, 4.69) is 50.4 Å². The summed E-state index contributed by atoms with van der Waals surface area (Å²) in [6, 6.07) is 5.82. The van der Waals surface area contributed by atoms with E-state index >= 15 is 0 Å². The zero-order valence-electron chi connectivity index (χ0n) is 12.6. The Morgan fingerprint density at radius 3 is 2.48 bits per heavy atom. The number of halogens is 1. The van der Waals surface area contributed by atoms with Crippen molar-refractivity contribution in [3.63, 3.8) is 0 Å². The summed E-state index contributed by atoms with van der Waals surface area (Å²) in [5.41, 5.74) is 2.00. The minimum atomic E-state index is 0.304. The van der Waals surface area contributed by atoms with E-state index < -0.39 is 0 Å². The third kappa shape index (κ3) is 3.44. The molecule has 2 N–H and O–H groups in total. The Kier molecular flexibility index (Phi) is 5.01. The molecule has 0 saturated heterocycles. The molecule has 6 heteroatoms. The van der Waals surface area contributed by atoms with Gasteiger partial charge in [-0.05, 0) is 40.0 Å². The fraction of sp³-hybridized carbons (Fsp3) is 0.333. The molecule has 0 bridgehead atoms. The first-order chi connectivity index (χ1) is 10.1. The van der Waals surface area contributed by atoms with Gasteiger partial charge in [-0.1, -0.05) is 13.8 Å². The molecular weight excluding hydrogens is 332 g/mol. The molecule has 0 unspecified atom stereocenters. The van der Waals surface area contributed by atoms with Gasteiger partial charge in [0.05, 0.1) is 11.6 Å². The van der Waals surface area contributed by atoms with E-state index in [0.29, 0.717) is 5.92 Å². The molecule has 1 aromatic carbocycles. The van der Waals surface area contributed by atoms with Crippen molar-refractivity contribution in [1.29, 1.82) is 0 Å². The average molecular weight is 351 g/mol. The Morgan fingerprint density at radius 2 is 1.90 bits per heavy atom. The summed E-state index contributed by atoms with van der Waals surface area (Å²) < 4.78 is 6.13. The summed E-state index contributed by atoms with van der Waals surface area (Å²) in [4.78, 5) is 8.64. The molecule has 0 aliphatic heterocycles. The molecule has 0 amide bonds. The lowest BCUT2D eigenvalue weighted by Gasteiger charge is -2.17. The number of benzene rings is 1. The molecule has 0 saturated carbocycles. The highest BCUT2D eigenvalue weighted by Gasteiger charge is 2.14. The van der Waals surface area contributed by atoms with Gasteiger partial charge in [0.2, 0.25) is 0 Å². The zero-order chi connectivity index (χ0) is 15.4. The molecule has 2 rings (SSSR count). The zero-order valence-corrected chi connectivity index (χ0v) is 14.2. The van der Waals surface area contributed by atoms with E-state index in [1.54, 1.807) is 13.4 Å². The summed E-state index contributed by atoms with van der Waals surface area (Å²) in [6.07, 6.45) is 1.55. The predicted molar refractivity (Wildman–Crippen MR) is 89.6 cm³/mol. The molecule has 5 nitrogen and oxygen atoms in total. The molecule has 0 spiro atoms. The van der Waals surface area contributed by atoms with Crippen molar-refractivity contribution >= 4 is 33.3 Å². The van der Waals surface area contributed by atoms with E-state index in [1.807, 2.05) is 25.2 Å². The van der Waals surface area contributed by atoms with Crippen molar-refractivity contribution in [3.05, 3.63) is 34.6 Å². The number of hydrogen-bond acceptors (Lipinski definition) is 5. The van der Waals surface area contributed by atoms with Crippen LogP contribution in [0.15, 0.2) is 29.0 Å². The minimum Gasteiger partial charge on any atom is -0.496 e. The van der Waals surface area contributed by atoms with Crippen LogP contribution in [-0.2, 0) is 0 Å². The van der Waals surface area contributed by atoms with E-state index in [1.165, 1.54) is 0 Å². The highest BCUT2D eigenvalue weighted by atomic mass is 79.9. The van der Waals surface area contributed by atoms with Gasteiger partial charge in [-0.25, -0.2) is 9.97 Å². The molecule has 0 aliphatic carbocycles. The number of anilines is 3. The lowest BCUT2D eigenvalue weighted by molar-refractivity contribution is 0.412. The highest BCUT2D eigenvalue weighted by Crippen LogP contribution is 2.32. The van der Waals surface area contributed by atoms with E-state index in [0.717, 1.165) is 33.1 Å². The fourth-order valence-corrected chi connectivity index (χ4v) is 2.66. The minimum absolute atomic E-state index is 0.304. The SMILES string of the molecule is CNc1ncnc(Nc2ccc(OC)c(Br)c2)c1C(C)C. The summed E-state index contributed by atoms with van der Waals surface area (Å²) in [5, 5.41) is 6.46. The van der Waals surface area contributed by atoms with Crippen LogP contribution in [0.25, 0.3) is 0 Å². The van der Waals surface area contributed by atoms with Gasteiger partial charge >= 0.3 is 0 Å². The van der Waals surface area contributed by atoms with E-state index in [4.69, 9.17) is 4.74 Å². The lowest BCUT2D eigenvalue weighted by Crippen LogP contribution is -2.07. The lowest BCUT2D eigenvalue weighted by atomic mass is 10.0. The average Bonchev–Trinajstić information content (AvgIpc) is 2.46. The second-order valence-electron chi connectivity index (χ2n) is 4.86. The molecular formula is C15H19BrN4O. The fourth-order valence-electron chi connectivity index (χ4n) is 2.12. The second kappa shape index (κ2) is 6.76. The van der Waals surface area contributed by atoms with Crippen molar-refractivity contribution in [2.24, 2.45) is 0 Å². The second-order valence-corrected chi connectivity index (χ2v) is 5.72. The molecule has 1 heterocycles. The Labute approximate surface area is 133 Å². The maximum atomic E-state index is 5.24. The summed E-state index contributed by atoms with van der Waals surface area (Å²) >= 11 is 3.49. The maximum absolute atomic E-state index is 5.24. The molecule has 0 atom stereocenters. The first kappa shape index (κ1) is 15.6. The van der Waals surface area contributed by atoms with Gasteiger partial charge in [0, 0.05) is 18.3 Å². The summed E-state index contributed by atoms with van der Waals surface area (Å²) in [6.45, 7) is 4.24. The number of ether oxygens (including phenoxy) is 1. The van der Waals surface area contributed by atoms with E-state index in [-0.39, 0.29) is 0 Å². The number of nitrogens with one attached hydrogen (secondary N) is 2. The monoisotopic (exact) mass is 350 g/mol. The predicted octanol–water partition coefficient (Wildman–Crippen LogP) is 4.16. The Balaban J connectivity index is 2.37. The Morgan fingerprint density at radius 1 is 1.19 bits per heavy atom. The normalized spacial score (nSPS) is 10.6. The number of rotatable bonds is 5. The maximum Gasteiger partial charge on any atom is 0.139 e. The van der Waals surface area contributed by atoms with Crippen molar-refractivity contribution in [2.75, 3.05) is 24.8 Å². The van der Waals surface area contributed by atoms with Crippen LogP contribution in [0, 0.1) is 0 Å². The number of aromatic nitrogens is 2. The van der Waals surface area contributed by atoms with Crippen LogP contribution >= 0.6 is 15.9 Å². The van der Waals surface area contributed by atoms with Crippen LogP contribution in [0.4, 0.5) is 17.3 Å². The highest BCUT2D eigenvalue weighted by molar-refractivity contribution is 9.10.